The summed E-state index contributed by atoms with van der Waals surface area (Å²) in [6.07, 6.45) is 3.55. The Balaban J connectivity index is 1.75. The van der Waals surface area contributed by atoms with E-state index in [2.05, 4.69) is 5.32 Å². The van der Waals surface area contributed by atoms with E-state index in [0.717, 1.165) is 30.4 Å². The van der Waals surface area contributed by atoms with Crippen molar-refractivity contribution in [2.24, 2.45) is 11.8 Å². The lowest BCUT2D eigenvalue weighted by atomic mass is 9.79. The van der Waals surface area contributed by atoms with Gasteiger partial charge in [0.05, 0.1) is 11.8 Å². The number of carbonyl (C=O) groups excluding carboxylic acids is 1. The Bertz CT molecular complexity index is 690. The van der Waals surface area contributed by atoms with E-state index in [1.807, 2.05) is 60.7 Å². The van der Waals surface area contributed by atoms with Crippen molar-refractivity contribution >= 4 is 11.9 Å². The average molecular weight is 351 g/mol. The fourth-order valence-electron chi connectivity index (χ4n) is 3.90. The fourth-order valence-corrected chi connectivity index (χ4v) is 3.90. The highest BCUT2D eigenvalue weighted by Gasteiger charge is 2.31. The number of hydrogen-bond acceptors (Lipinski definition) is 2. The zero-order valence-corrected chi connectivity index (χ0v) is 14.8. The molecule has 4 nitrogen and oxygen atoms in total. The Morgan fingerprint density at radius 1 is 0.923 bits per heavy atom. The maximum atomic E-state index is 13.0. The number of amides is 1. The molecular formula is C22H25NO3. The molecule has 0 radical (unpaired) electrons. The molecule has 3 rings (SSSR count). The van der Waals surface area contributed by atoms with Crippen molar-refractivity contribution < 1.29 is 14.7 Å². The molecule has 0 bridgehead atoms. The number of carbonyl (C=O) groups is 2. The SMILES string of the molecule is O=C(NC[C@@H]1CCCC[C@@H]1C(=O)O)C(c1ccccc1)c1ccccc1. The van der Waals surface area contributed by atoms with E-state index in [1.54, 1.807) is 0 Å². The van der Waals surface area contributed by atoms with Gasteiger partial charge in [0.1, 0.15) is 0 Å². The highest BCUT2D eigenvalue weighted by atomic mass is 16.4. The van der Waals surface area contributed by atoms with Crippen LogP contribution in [0.15, 0.2) is 60.7 Å². The Kier molecular flexibility index (Phi) is 6.05. The van der Waals surface area contributed by atoms with Gasteiger partial charge in [-0.3, -0.25) is 9.59 Å². The van der Waals surface area contributed by atoms with Crippen molar-refractivity contribution in [1.29, 1.82) is 0 Å². The van der Waals surface area contributed by atoms with E-state index >= 15 is 0 Å². The van der Waals surface area contributed by atoms with Crippen LogP contribution in [0.5, 0.6) is 0 Å². The van der Waals surface area contributed by atoms with Gasteiger partial charge < -0.3 is 10.4 Å². The van der Waals surface area contributed by atoms with Crippen LogP contribution in [0.25, 0.3) is 0 Å². The molecular weight excluding hydrogens is 326 g/mol. The molecule has 26 heavy (non-hydrogen) atoms. The lowest BCUT2D eigenvalue weighted by molar-refractivity contribution is -0.145. The number of nitrogens with one attached hydrogen (secondary N) is 1. The van der Waals surface area contributed by atoms with Crippen molar-refractivity contribution in [2.75, 3.05) is 6.54 Å². The van der Waals surface area contributed by atoms with Gasteiger partial charge >= 0.3 is 5.97 Å². The van der Waals surface area contributed by atoms with Crippen LogP contribution in [0.2, 0.25) is 0 Å². The smallest absolute Gasteiger partial charge is 0.306 e. The van der Waals surface area contributed by atoms with Gasteiger partial charge in [-0.2, -0.15) is 0 Å². The van der Waals surface area contributed by atoms with Crippen molar-refractivity contribution in [1.82, 2.24) is 5.32 Å². The molecule has 1 amide bonds. The monoisotopic (exact) mass is 351 g/mol. The first-order valence-electron chi connectivity index (χ1n) is 9.27. The lowest BCUT2D eigenvalue weighted by Crippen LogP contribution is -2.39. The van der Waals surface area contributed by atoms with Crippen LogP contribution in [0.3, 0.4) is 0 Å². The van der Waals surface area contributed by atoms with Crippen molar-refractivity contribution in [3.8, 4) is 0 Å². The molecule has 1 aliphatic carbocycles. The Labute approximate surface area is 154 Å². The van der Waals surface area contributed by atoms with E-state index in [9.17, 15) is 14.7 Å². The topological polar surface area (TPSA) is 66.4 Å². The van der Waals surface area contributed by atoms with Crippen LogP contribution >= 0.6 is 0 Å². The quantitative estimate of drug-likeness (QED) is 0.831. The maximum absolute atomic E-state index is 13.0. The summed E-state index contributed by atoms with van der Waals surface area (Å²) < 4.78 is 0. The Hall–Kier alpha value is -2.62. The van der Waals surface area contributed by atoms with Gasteiger partial charge in [-0.05, 0) is 29.9 Å². The van der Waals surface area contributed by atoms with Crippen LogP contribution in [-0.2, 0) is 9.59 Å². The number of benzene rings is 2. The molecule has 2 atom stereocenters. The maximum Gasteiger partial charge on any atom is 0.306 e. The van der Waals surface area contributed by atoms with E-state index in [0.29, 0.717) is 13.0 Å². The van der Waals surface area contributed by atoms with Crippen LogP contribution in [-0.4, -0.2) is 23.5 Å². The molecule has 1 saturated carbocycles. The fraction of sp³-hybridized carbons (Fsp3) is 0.364. The molecule has 2 aromatic rings. The minimum atomic E-state index is -0.744. The van der Waals surface area contributed by atoms with Crippen LogP contribution in [0, 0.1) is 11.8 Å². The Morgan fingerprint density at radius 2 is 1.46 bits per heavy atom. The molecule has 0 saturated heterocycles. The van der Waals surface area contributed by atoms with E-state index in [-0.39, 0.29) is 23.7 Å². The van der Waals surface area contributed by atoms with E-state index < -0.39 is 5.97 Å². The van der Waals surface area contributed by atoms with Gasteiger partial charge in [-0.25, -0.2) is 0 Å². The highest BCUT2D eigenvalue weighted by molar-refractivity contribution is 5.87. The Morgan fingerprint density at radius 3 is 2.00 bits per heavy atom. The summed E-state index contributed by atoms with van der Waals surface area (Å²) in [5.74, 6) is -1.54. The van der Waals surface area contributed by atoms with Crippen molar-refractivity contribution in [3.63, 3.8) is 0 Å². The minimum Gasteiger partial charge on any atom is -0.481 e. The molecule has 136 valence electrons. The molecule has 2 aromatic carbocycles. The number of hydrogen-bond donors (Lipinski definition) is 2. The van der Waals surface area contributed by atoms with Gasteiger partial charge in [0, 0.05) is 6.54 Å². The van der Waals surface area contributed by atoms with Crippen LogP contribution in [0.4, 0.5) is 0 Å². The van der Waals surface area contributed by atoms with Gasteiger partial charge in [0.15, 0.2) is 0 Å². The summed E-state index contributed by atoms with van der Waals surface area (Å²) in [7, 11) is 0. The largest absolute Gasteiger partial charge is 0.481 e. The summed E-state index contributed by atoms with van der Waals surface area (Å²) >= 11 is 0. The summed E-state index contributed by atoms with van der Waals surface area (Å²) in [6.45, 7) is 0.423. The third kappa shape index (κ3) is 4.31. The second-order valence-corrected chi connectivity index (χ2v) is 6.99. The standard InChI is InChI=1S/C22H25NO3/c24-21(23-15-18-13-7-8-14-19(18)22(25)26)20(16-9-3-1-4-10-16)17-11-5-2-6-12-17/h1-6,9-12,18-20H,7-8,13-15H2,(H,23,24)(H,25,26)/t18-,19-/m0/s1. The predicted octanol–water partition coefficient (Wildman–Crippen LogP) is 3.83. The van der Waals surface area contributed by atoms with Gasteiger partial charge in [-0.15, -0.1) is 0 Å². The molecule has 0 spiro atoms. The third-order valence-corrected chi connectivity index (χ3v) is 5.29. The molecule has 0 heterocycles. The van der Waals surface area contributed by atoms with Crippen molar-refractivity contribution in [3.05, 3.63) is 71.8 Å². The minimum absolute atomic E-state index is 0.0115. The second-order valence-electron chi connectivity index (χ2n) is 6.99. The molecule has 4 heteroatoms. The zero-order valence-electron chi connectivity index (χ0n) is 14.8. The number of carboxylic acid groups (broad SMARTS) is 1. The lowest BCUT2D eigenvalue weighted by Gasteiger charge is -2.29. The molecule has 0 aliphatic heterocycles. The second kappa shape index (κ2) is 8.65. The zero-order chi connectivity index (χ0) is 18.4. The van der Waals surface area contributed by atoms with Gasteiger partial charge in [0.25, 0.3) is 0 Å². The summed E-state index contributed by atoms with van der Waals surface area (Å²) in [5.41, 5.74) is 1.88. The van der Waals surface area contributed by atoms with Crippen molar-refractivity contribution in [2.45, 2.75) is 31.6 Å². The molecule has 2 N–H and O–H groups in total. The summed E-state index contributed by atoms with van der Waals surface area (Å²) in [4.78, 5) is 24.5. The van der Waals surface area contributed by atoms with Gasteiger partial charge in [0.2, 0.25) is 5.91 Å². The van der Waals surface area contributed by atoms with Crippen LogP contribution < -0.4 is 5.32 Å². The van der Waals surface area contributed by atoms with E-state index in [1.165, 1.54) is 0 Å². The number of carboxylic acids is 1. The third-order valence-electron chi connectivity index (χ3n) is 5.29. The van der Waals surface area contributed by atoms with E-state index in [4.69, 9.17) is 0 Å². The first-order chi connectivity index (χ1) is 12.7. The first kappa shape index (κ1) is 18.2. The predicted molar refractivity (Wildman–Crippen MR) is 101 cm³/mol. The number of rotatable bonds is 6. The van der Waals surface area contributed by atoms with Crippen LogP contribution in [0.1, 0.15) is 42.7 Å². The average Bonchev–Trinajstić information content (AvgIpc) is 2.68. The molecule has 1 fully saturated rings. The molecule has 1 aliphatic rings. The first-order valence-corrected chi connectivity index (χ1v) is 9.27. The summed E-state index contributed by atoms with van der Waals surface area (Å²) in [6, 6.07) is 19.4. The highest BCUT2D eigenvalue weighted by Crippen LogP contribution is 2.30. The van der Waals surface area contributed by atoms with Gasteiger partial charge in [-0.1, -0.05) is 73.5 Å². The summed E-state index contributed by atoms with van der Waals surface area (Å²) in [5, 5.41) is 12.5. The molecule has 0 unspecified atom stereocenters. The number of aliphatic carboxylic acids is 1. The molecule has 0 aromatic heterocycles. The normalized spacial score (nSPS) is 19.9.